The number of likely N-dealkylation sites (tertiary alicyclic amines) is 1. The molecule has 0 saturated carbocycles. The number of β-amino-alcohol motifs (C(OH)–C–C–N with tert-alkyl or cyclic N) is 1. The number of thioether (sulfide) groups is 1. The number of rotatable bonds is 5. The first kappa shape index (κ1) is 18.0. The molecule has 21 heavy (non-hydrogen) atoms. The first-order valence-electron chi connectivity index (χ1n) is 7.15. The molecule has 7 heteroatoms. The summed E-state index contributed by atoms with van der Waals surface area (Å²) in [5.41, 5.74) is 3.84. The number of hydrogen-bond donors (Lipinski definition) is 2. The largest absolute Gasteiger partial charge is 0.391 e. The van der Waals surface area contributed by atoms with E-state index in [0.717, 1.165) is 5.75 Å². The third-order valence-corrected chi connectivity index (χ3v) is 3.64. The monoisotopic (exact) mass is 315 g/mol. The molecule has 2 amide bonds. The van der Waals surface area contributed by atoms with Gasteiger partial charge in [-0.2, -0.15) is 5.10 Å². The Morgan fingerprint density at radius 1 is 1.48 bits per heavy atom. The van der Waals surface area contributed by atoms with Gasteiger partial charge in [-0.25, -0.2) is 5.43 Å². The summed E-state index contributed by atoms with van der Waals surface area (Å²) < 4.78 is 0. The van der Waals surface area contributed by atoms with Crippen LogP contribution in [-0.4, -0.2) is 51.8 Å². The standard InChI is InChI=1S/C14H25N3O3S/c1-5-21-9-15-16-13(20)11-6-10(18)8-17(11)12(19)7-14(2,3)4/h9-11,18H,5-8H2,1-4H3,(H,16,20)/b15-9-/t10-,11+/m1/s1. The molecule has 2 atom stereocenters. The number of aliphatic hydroxyl groups excluding tert-OH is 1. The Balaban J connectivity index is 2.65. The summed E-state index contributed by atoms with van der Waals surface area (Å²) in [4.78, 5) is 25.9. The zero-order valence-corrected chi connectivity index (χ0v) is 13.9. The van der Waals surface area contributed by atoms with Crippen LogP contribution in [0.15, 0.2) is 5.10 Å². The van der Waals surface area contributed by atoms with E-state index in [1.54, 1.807) is 5.55 Å². The molecule has 0 bridgehead atoms. The lowest BCUT2D eigenvalue weighted by Gasteiger charge is -2.26. The Labute approximate surface area is 130 Å². The number of amides is 2. The summed E-state index contributed by atoms with van der Waals surface area (Å²) in [5, 5.41) is 13.6. The van der Waals surface area contributed by atoms with Crippen LogP contribution in [0.4, 0.5) is 0 Å². The first-order valence-corrected chi connectivity index (χ1v) is 8.20. The molecule has 6 nitrogen and oxygen atoms in total. The molecule has 0 unspecified atom stereocenters. The Morgan fingerprint density at radius 2 is 2.14 bits per heavy atom. The minimum Gasteiger partial charge on any atom is -0.391 e. The van der Waals surface area contributed by atoms with Crippen molar-refractivity contribution in [2.75, 3.05) is 12.3 Å². The van der Waals surface area contributed by atoms with Crippen molar-refractivity contribution in [2.45, 2.75) is 52.7 Å². The number of carbonyl (C=O) groups is 2. The van der Waals surface area contributed by atoms with Gasteiger partial charge in [-0.1, -0.05) is 27.7 Å². The maximum Gasteiger partial charge on any atom is 0.262 e. The van der Waals surface area contributed by atoms with Crippen molar-refractivity contribution in [1.82, 2.24) is 10.3 Å². The second-order valence-electron chi connectivity index (χ2n) is 6.35. The Kier molecular flexibility index (Phi) is 6.67. The maximum absolute atomic E-state index is 12.3. The molecule has 1 aliphatic heterocycles. The third-order valence-electron chi connectivity index (χ3n) is 3.05. The molecular weight excluding hydrogens is 290 g/mol. The number of nitrogens with zero attached hydrogens (tertiary/aromatic N) is 2. The van der Waals surface area contributed by atoms with Gasteiger partial charge in [0, 0.05) is 19.4 Å². The van der Waals surface area contributed by atoms with E-state index in [1.807, 2.05) is 27.7 Å². The molecular formula is C14H25N3O3S. The van der Waals surface area contributed by atoms with Gasteiger partial charge in [-0.05, 0) is 11.2 Å². The van der Waals surface area contributed by atoms with Crippen LogP contribution in [0.25, 0.3) is 0 Å². The highest BCUT2D eigenvalue weighted by molar-refractivity contribution is 8.12. The summed E-state index contributed by atoms with van der Waals surface area (Å²) in [6, 6.07) is -0.640. The van der Waals surface area contributed by atoms with Gasteiger partial charge in [0.15, 0.2) is 0 Å². The van der Waals surface area contributed by atoms with Gasteiger partial charge in [0.25, 0.3) is 5.91 Å². The highest BCUT2D eigenvalue weighted by atomic mass is 32.2. The highest BCUT2D eigenvalue weighted by Crippen LogP contribution is 2.25. The van der Waals surface area contributed by atoms with Gasteiger partial charge in [0.2, 0.25) is 5.91 Å². The van der Waals surface area contributed by atoms with Crippen molar-refractivity contribution >= 4 is 29.1 Å². The predicted molar refractivity (Wildman–Crippen MR) is 85.0 cm³/mol. The molecule has 0 aromatic carbocycles. The molecule has 1 saturated heterocycles. The van der Waals surface area contributed by atoms with Crippen molar-refractivity contribution in [3.05, 3.63) is 0 Å². The molecule has 0 spiro atoms. The topological polar surface area (TPSA) is 82.0 Å². The van der Waals surface area contributed by atoms with E-state index >= 15 is 0 Å². The van der Waals surface area contributed by atoms with E-state index in [2.05, 4.69) is 10.5 Å². The van der Waals surface area contributed by atoms with Crippen LogP contribution < -0.4 is 5.43 Å². The summed E-state index contributed by atoms with van der Waals surface area (Å²) in [6.07, 6.45) is -0.0463. The van der Waals surface area contributed by atoms with E-state index in [1.165, 1.54) is 16.7 Å². The summed E-state index contributed by atoms with van der Waals surface area (Å²) in [7, 11) is 0. The van der Waals surface area contributed by atoms with Gasteiger partial charge >= 0.3 is 0 Å². The van der Waals surface area contributed by atoms with Crippen molar-refractivity contribution in [2.24, 2.45) is 10.5 Å². The van der Waals surface area contributed by atoms with Crippen LogP contribution in [0, 0.1) is 5.41 Å². The lowest BCUT2D eigenvalue weighted by molar-refractivity contribution is -0.139. The molecule has 0 aliphatic carbocycles. The number of hydrazone groups is 1. The normalized spacial score (nSPS) is 22.8. The van der Waals surface area contributed by atoms with Crippen LogP contribution in [0.5, 0.6) is 0 Å². The fraction of sp³-hybridized carbons (Fsp3) is 0.786. The minimum atomic E-state index is -0.654. The van der Waals surface area contributed by atoms with E-state index in [9.17, 15) is 14.7 Å². The smallest absolute Gasteiger partial charge is 0.262 e. The lowest BCUT2D eigenvalue weighted by atomic mass is 9.91. The average Bonchev–Trinajstić information content (AvgIpc) is 2.75. The second-order valence-corrected chi connectivity index (χ2v) is 7.48. The van der Waals surface area contributed by atoms with Gasteiger partial charge in [0.05, 0.1) is 11.7 Å². The Hall–Kier alpha value is -1.08. The maximum atomic E-state index is 12.3. The molecule has 1 fully saturated rings. The number of hydrogen-bond acceptors (Lipinski definition) is 5. The van der Waals surface area contributed by atoms with E-state index < -0.39 is 12.1 Å². The molecule has 1 heterocycles. The molecule has 1 aliphatic rings. The average molecular weight is 315 g/mol. The minimum absolute atomic E-state index is 0.105. The predicted octanol–water partition coefficient (Wildman–Crippen LogP) is 1.20. The number of carbonyl (C=O) groups excluding carboxylic acids is 2. The fourth-order valence-electron chi connectivity index (χ4n) is 2.17. The Morgan fingerprint density at radius 3 is 2.71 bits per heavy atom. The third kappa shape index (κ3) is 6.05. The number of aliphatic hydroxyl groups is 1. The van der Waals surface area contributed by atoms with E-state index in [4.69, 9.17) is 0 Å². The van der Waals surface area contributed by atoms with Gasteiger partial charge in [-0.3, -0.25) is 9.59 Å². The van der Waals surface area contributed by atoms with Crippen molar-refractivity contribution < 1.29 is 14.7 Å². The van der Waals surface area contributed by atoms with Crippen molar-refractivity contribution in [3.63, 3.8) is 0 Å². The first-order chi connectivity index (χ1) is 9.74. The van der Waals surface area contributed by atoms with Crippen molar-refractivity contribution in [1.29, 1.82) is 0 Å². The van der Waals surface area contributed by atoms with Gasteiger partial charge in [-0.15, -0.1) is 11.8 Å². The lowest BCUT2D eigenvalue weighted by Crippen LogP contribution is -2.45. The van der Waals surface area contributed by atoms with Gasteiger partial charge < -0.3 is 10.0 Å². The van der Waals surface area contributed by atoms with Crippen molar-refractivity contribution in [3.8, 4) is 0 Å². The zero-order valence-electron chi connectivity index (χ0n) is 13.1. The van der Waals surface area contributed by atoms with Crippen LogP contribution in [-0.2, 0) is 9.59 Å². The molecule has 0 radical (unpaired) electrons. The van der Waals surface area contributed by atoms with E-state index in [-0.39, 0.29) is 30.2 Å². The Bertz CT molecular complexity index is 407. The second kappa shape index (κ2) is 7.79. The number of nitrogens with one attached hydrogen (secondary N) is 1. The summed E-state index contributed by atoms with van der Waals surface area (Å²) in [6.45, 7) is 8.11. The van der Waals surface area contributed by atoms with Crippen LogP contribution >= 0.6 is 11.8 Å². The fourth-order valence-corrected chi connectivity index (χ4v) is 2.45. The quantitative estimate of drug-likeness (QED) is 0.454. The molecule has 0 aromatic rings. The zero-order chi connectivity index (χ0) is 16.0. The molecule has 1 rings (SSSR count). The summed E-state index contributed by atoms with van der Waals surface area (Å²) >= 11 is 1.47. The van der Waals surface area contributed by atoms with Crippen LogP contribution in [0.2, 0.25) is 0 Å². The highest BCUT2D eigenvalue weighted by Gasteiger charge is 2.39. The van der Waals surface area contributed by atoms with E-state index in [0.29, 0.717) is 6.42 Å². The van der Waals surface area contributed by atoms with Crippen LogP contribution in [0.1, 0.15) is 40.5 Å². The molecule has 120 valence electrons. The molecule has 2 N–H and O–H groups in total. The SMILES string of the molecule is CCS/C=N\NC(=O)[C@@H]1C[C@@H](O)CN1C(=O)CC(C)(C)C. The summed E-state index contributed by atoms with van der Waals surface area (Å²) in [5.74, 6) is 0.422. The van der Waals surface area contributed by atoms with Crippen LogP contribution in [0.3, 0.4) is 0 Å². The molecule has 0 aromatic heterocycles. The van der Waals surface area contributed by atoms with Gasteiger partial charge in [0.1, 0.15) is 6.04 Å².